The van der Waals surface area contributed by atoms with E-state index in [-0.39, 0.29) is 5.91 Å². The second-order valence-electron chi connectivity index (χ2n) is 4.38. The van der Waals surface area contributed by atoms with Crippen molar-refractivity contribution in [3.63, 3.8) is 0 Å². The minimum absolute atomic E-state index is 0.106. The summed E-state index contributed by atoms with van der Waals surface area (Å²) in [5, 5.41) is 2.68. The summed E-state index contributed by atoms with van der Waals surface area (Å²) in [6.45, 7) is 5.49. The van der Waals surface area contributed by atoms with Gasteiger partial charge in [0.05, 0.1) is 0 Å². The van der Waals surface area contributed by atoms with Gasteiger partial charge < -0.3 is 5.32 Å². The van der Waals surface area contributed by atoms with Gasteiger partial charge in [0.25, 0.3) is 0 Å². The first-order valence-corrected chi connectivity index (χ1v) is 5.88. The highest BCUT2D eigenvalue weighted by atomic mass is 16.1. The Bertz CT molecular complexity index is 574. The van der Waals surface area contributed by atoms with Gasteiger partial charge in [0, 0.05) is 18.2 Å². The molecule has 2 rings (SSSR count). The van der Waals surface area contributed by atoms with Crippen molar-refractivity contribution < 1.29 is 4.79 Å². The Morgan fingerprint density at radius 3 is 2.28 bits per heavy atom. The lowest BCUT2D eigenvalue weighted by Crippen LogP contribution is -2.07. The molecule has 1 N–H and O–H groups in total. The Morgan fingerprint density at radius 1 is 1.06 bits per heavy atom. The molecule has 0 aliphatic carbocycles. The molecule has 3 heteroatoms. The van der Waals surface area contributed by atoms with Crippen LogP contribution in [0.15, 0.2) is 36.4 Å². The quantitative estimate of drug-likeness (QED) is 0.874. The van der Waals surface area contributed by atoms with E-state index < -0.39 is 0 Å². The number of hydrogen-bond donors (Lipinski definition) is 1. The summed E-state index contributed by atoms with van der Waals surface area (Å²) in [6, 6.07) is 12.1. The van der Waals surface area contributed by atoms with Gasteiger partial charge in [-0.05, 0) is 31.5 Å². The van der Waals surface area contributed by atoms with E-state index in [0.29, 0.717) is 5.82 Å². The van der Waals surface area contributed by atoms with Crippen molar-refractivity contribution >= 4 is 11.7 Å². The molecule has 92 valence electrons. The average Bonchev–Trinajstić information content (AvgIpc) is 2.30. The van der Waals surface area contributed by atoms with Crippen LogP contribution in [-0.2, 0) is 4.79 Å². The van der Waals surface area contributed by atoms with Crippen molar-refractivity contribution in [2.45, 2.75) is 20.8 Å². The highest BCUT2D eigenvalue weighted by Crippen LogP contribution is 2.23. The number of anilines is 1. The zero-order valence-electron chi connectivity index (χ0n) is 10.8. The molecule has 1 amide bonds. The number of aromatic nitrogens is 1. The van der Waals surface area contributed by atoms with E-state index in [9.17, 15) is 4.79 Å². The van der Waals surface area contributed by atoms with Crippen LogP contribution in [-0.4, -0.2) is 10.9 Å². The molecule has 0 unspecified atom stereocenters. The van der Waals surface area contributed by atoms with Gasteiger partial charge in [0.15, 0.2) is 0 Å². The number of benzene rings is 1. The summed E-state index contributed by atoms with van der Waals surface area (Å²) in [5.74, 6) is 0.487. The van der Waals surface area contributed by atoms with Crippen molar-refractivity contribution in [2.75, 3.05) is 5.32 Å². The van der Waals surface area contributed by atoms with Crippen molar-refractivity contribution in [1.29, 1.82) is 0 Å². The maximum atomic E-state index is 11.0. The van der Waals surface area contributed by atoms with Crippen LogP contribution in [0.5, 0.6) is 0 Å². The van der Waals surface area contributed by atoms with Gasteiger partial charge >= 0.3 is 0 Å². The average molecular weight is 240 g/mol. The first-order chi connectivity index (χ1) is 8.56. The largest absolute Gasteiger partial charge is 0.311 e. The monoisotopic (exact) mass is 240 g/mol. The molecule has 18 heavy (non-hydrogen) atoms. The van der Waals surface area contributed by atoms with Crippen molar-refractivity contribution in [2.24, 2.45) is 0 Å². The Kier molecular flexibility index (Phi) is 3.42. The maximum Gasteiger partial charge on any atom is 0.222 e. The van der Waals surface area contributed by atoms with Crippen LogP contribution < -0.4 is 5.32 Å². The predicted octanol–water partition coefficient (Wildman–Crippen LogP) is 3.32. The molecule has 0 aliphatic rings. The molecule has 0 saturated carbocycles. The minimum Gasteiger partial charge on any atom is -0.311 e. The fourth-order valence-electron chi connectivity index (χ4n) is 1.85. The lowest BCUT2D eigenvalue weighted by Gasteiger charge is -2.08. The van der Waals surface area contributed by atoms with Gasteiger partial charge in [0.2, 0.25) is 5.91 Å². The lowest BCUT2D eigenvalue weighted by molar-refractivity contribution is -0.114. The molecule has 1 aromatic carbocycles. The smallest absolute Gasteiger partial charge is 0.222 e. The van der Waals surface area contributed by atoms with Gasteiger partial charge in [-0.25, -0.2) is 4.98 Å². The number of nitrogens with one attached hydrogen (secondary N) is 1. The van der Waals surface area contributed by atoms with E-state index in [1.807, 2.05) is 19.1 Å². The second kappa shape index (κ2) is 5.00. The summed E-state index contributed by atoms with van der Waals surface area (Å²) in [7, 11) is 0. The van der Waals surface area contributed by atoms with Gasteiger partial charge in [-0.3, -0.25) is 4.79 Å². The minimum atomic E-state index is -0.106. The molecule has 0 saturated heterocycles. The summed E-state index contributed by atoms with van der Waals surface area (Å²) in [5.41, 5.74) is 4.37. The first kappa shape index (κ1) is 12.3. The number of carbonyl (C=O) groups is 1. The molecular formula is C15H16N2O. The SMILES string of the molecule is CC(=O)Nc1ccc(-c2ccc(C)cc2)c(C)n1. The molecule has 0 radical (unpaired) electrons. The van der Waals surface area contributed by atoms with Crippen molar-refractivity contribution in [3.05, 3.63) is 47.7 Å². The second-order valence-corrected chi connectivity index (χ2v) is 4.38. The van der Waals surface area contributed by atoms with E-state index in [4.69, 9.17) is 0 Å². The van der Waals surface area contributed by atoms with E-state index >= 15 is 0 Å². The van der Waals surface area contributed by atoms with Gasteiger partial charge in [0.1, 0.15) is 5.82 Å². The number of carbonyl (C=O) groups excluding carboxylic acids is 1. The molecule has 0 spiro atoms. The Balaban J connectivity index is 2.35. The van der Waals surface area contributed by atoms with E-state index in [1.165, 1.54) is 12.5 Å². The molecular weight excluding hydrogens is 224 g/mol. The molecule has 0 fully saturated rings. The van der Waals surface area contributed by atoms with Crippen LogP contribution >= 0.6 is 0 Å². The summed E-state index contributed by atoms with van der Waals surface area (Å²) in [6.07, 6.45) is 0. The first-order valence-electron chi connectivity index (χ1n) is 5.88. The van der Waals surface area contributed by atoms with Crippen molar-refractivity contribution in [3.8, 4) is 11.1 Å². The van der Waals surface area contributed by atoms with E-state index in [0.717, 1.165) is 16.8 Å². The summed E-state index contributed by atoms with van der Waals surface area (Å²) in [4.78, 5) is 15.3. The van der Waals surface area contributed by atoms with Crippen LogP contribution in [0.4, 0.5) is 5.82 Å². The van der Waals surface area contributed by atoms with Gasteiger partial charge in [-0.15, -0.1) is 0 Å². The molecule has 0 atom stereocenters. The normalized spacial score (nSPS) is 10.2. The van der Waals surface area contributed by atoms with E-state index in [2.05, 4.69) is 41.5 Å². The predicted molar refractivity (Wildman–Crippen MR) is 73.5 cm³/mol. The third-order valence-electron chi connectivity index (χ3n) is 2.75. The van der Waals surface area contributed by atoms with Gasteiger partial charge in [-0.1, -0.05) is 29.8 Å². The lowest BCUT2D eigenvalue weighted by atomic mass is 10.0. The summed E-state index contributed by atoms with van der Waals surface area (Å²) >= 11 is 0. The van der Waals surface area contributed by atoms with Crippen molar-refractivity contribution in [1.82, 2.24) is 4.98 Å². The Hall–Kier alpha value is -2.16. The number of hydrogen-bond acceptors (Lipinski definition) is 2. The third kappa shape index (κ3) is 2.74. The van der Waals surface area contributed by atoms with Crippen LogP contribution in [0.25, 0.3) is 11.1 Å². The molecule has 0 aliphatic heterocycles. The maximum absolute atomic E-state index is 11.0. The Labute approximate surface area is 107 Å². The highest BCUT2D eigenvalue weighted by molar-refractivity contribution is 5.87. The number of amides is 1. The van der Waals surface area contributed by atoms with E-state index in [1.54, 1.807) is 0 Å². The highest BCUT2D eigenvalue weighted by Gasteiger charge is 2.05. The van der Waals surface area contributed by atoms with Gasteiger partial charge in [-0.2, -0.15) is 0 Å². The van der Waals surface area contributed by atoms with Crippen LogP contribution in [0.2, 0.25) is 0 Å². The molecule has 3 nitrogen and oxygen atoms in total. The zero-order valence-corrected chi connectivity index (χ0v) is 10.8. The standard InChI is InChI=1S/C15H16N2O/c1-10-4-6-13(7-5-10)14-8-9-15(16-11(14)2)17-12(3)18/h4-9H,1-3H3,(H,16,17,18). The third-order valence-corrected chi connectivity index (χ3v) is 2.75. The fraction of sp³-hybridized carbons (Fsp3) is 0.200. The molecule has 1 heterocycles. The van der Waals surface area contributed by atoms with Crippen LogP contribution in [0, 0.1) is 13.8 Å². The molecule has 2 aromatic rings. The number of aryl methyl sites for hydroxylation is 2. The molecule has 0 bridgehead atoms. The number of nitrogens with zero attached hydrogens (tertiary/aromatic N) is 1. The van der Waals surface area contributed by atoms with Crippen LogP contribution in [0.1, 0.15) is 18.2 Å². The topological polar surface area (TPSA) is 42.0 Å². The Morgan fingerprint density at radius 2 is 1.72 bits per heavy atom. The molecule has 1 aromatic heterocycles. The zero-order chi connectivity index (χ0) is 13.1. The fourth-order valence-corrected chi connectivity index (χ4v) is 1.85. The number of pyridine rings is 1. The van der Waals surface area contributed by atoms with Crippen LogP contribution in [0.3, 0.4) is 0 Å². The number of rotatable bonds is 2. The summed E-state index contributed by atoms with van der Waals surface area (Å²) < 4.78 is 0.